The summed E-state index contributed by atoms with van der Waals surface area (Å²) >= 11 is 5.81. The van der Waals surface area contributed by atoms with E-state index < -0.39 is 5.97 Å². The predicted molar refractivity (Wildman–Crippen MR) is 136 cm³/mol. The van der Waals surface area contributed by atoms with Crippen molar-refractivity contribution in [3.8, 4) is 0 Å². The molecule has 3 aromatic rings. The molecule has 1 fully saturated rings. The lowest BCUT2D eigenvalue weighted by atomic mass is 10.0. The van der Waals surface area contributed by atoms with Crippen LogP contribution in [0.5, 0.6) is 0 Å². The van der Waals surface area contributed by atoms with Gasteiger partial charge in [0.25, 0.3) is 5.56 Å². The zero-order chi connectivity index (χ0) is 23.5. The molecule has 6 nitrogen and oxygen atoms in total. The van der Waals surface area contributed by atoms with Crippen LogP contribution in [0.4, 0.5) is 5.69 Å². The molecule has 0 spiro atoms. The normalized spacial score (nSPS) is 13.8. The minimum atomic E-state index is -0.426. The number of methoxy groups -OCH3 is 1. The second-order valence-corrected chi connectivity index (χ2v) is 9.09. The molecule has 2 aromatic carbocycles. The fourth-order valence-corrected chi connectivity index (χ4v) is 4.99. The van der Waals surface area contributed by atoms with Crippen LogP contribution in [-0.4, -0.2) is 34.1 Å². The topological polar surface area (TPSA) is 74.4 Å². The van der Waals surface area contributed by atoms with Crippen LogP contribution in [0.15, 0.2) is 47.3 Å². The van der Waals surface area contributed by atoms with Crippen molar-refractivity contribution < 1.29 is 9.53 Å². The molecule has 7 heteroatoms. The standard InChI is InChI=1S/C26H29N3O3S/c1-16-12-17(2)21-14-18(24(30)27-23(21)13-16)15-29(19-8-4-5-9-19)26(33)28-22-11-7-6-10-20(22)25(31)32-3/h6-7,10-14,19H,4-5,8-9,15H2,1-3H3,(H,27,30)(H,28,33). The monoisotopic (exact) mass is 463 g/mol. The van der Waals surface area contributed by atoms with Gasteiger partial charge in [-0.25, -0.2) is 4.79 Å². The summed E-state index contributed by atoms with van der Waals surface area (Å²) in [7, 11) is 1.36. The number of nitrogens with zero attached hydrogens (tertiary/aromatic N) is 1. The summed E-state index contributed by atoms with van der Waals surface area (Å²) in [5, 5.41) is 4.78. The number of aromatic amines is 1. The summed E-state index contributed by atoms with van der Waals surface area (Å²) in [4.78, 5) is 30.3. The highest BCUT2D eigenvalue weighted by Gasteiger charge is 2.26. The van der Waals surface area contributed by atoms with Gasteiger partial charge in [-0.15, -0.1) is 0 Å². The average molecular weight is 464 g/mol. The number of hydrogen-bond acceptors (Lipinski definition) is 4. The molecule has 1 saturated carbocycles. The summed E-state index contributed by atoms with van der Waals surface area (Å²) in [6.07, 6.45) is 4.30. The van der Waals surface area contributed by atoms with Crippen molar-refractivity contribution in [2.24, 2.45) is 0 Å². The van der Waals surface area contributed by atoms with Crippen LogP contribution in [0, 0.1) is 13.8 Å². The third kappa shape index (κ3) is 4.93. The van der Waals surface area contributed by atoms with Gasteiger partial charge in [-0.3, -0.25) is 4.79 Å². The van der Waals surface area contributed by atoms with Gasteiger partial charge >= 0.3 is 5.97 Å². The summed E-state index contributed by atoms with van der Waals surface area (Å²) in [5.74, 6) is -0.426. The number of esters is 1. The second-order valence-electron chi connectivity index (χ2n) is 8.70. The fourth-order valence-electron chi connectivity index (χ4n) is 4.67. The Morgan fingerprint density at radius 3 is 2.64 bits per heavy atom. The zero-order valence-corrected chi connectivity index (χ0v) is 20.1. The Balaban J connectivity index is 1.67. The first-order chi connectivity index (χ1) is 15.9. The van der Waals surface area contributed by atoms with Crippen molar-refractivity contribution in [2.75, 3.05) is 12.4 Å². The van der Waals surface area contributed by atoms with Gasteiger partial charge in [0.2, 0.25) is 0 Å². The molecule has 2 N–H and O–H groups in total. The van der Waals surface area contributed by atoms with E-state index in [0.717, 1.165) is 47.7 Å². The number of pyridine rings is 1. The van der Waals surface area contributed by atoms with Crippen molar-refractivity contribution >= 4 is 39.9 Å². The summed E-state index contributed by atoms with van der Waals surface area (Å²) < 4.78 is 4.91. The van der Waals surface area contributed by atoms with Crippen molar-refractivity contribution in [1.82, 2.24) is 9.88 Å². The fraction of sp³-hybridized carbons (Fsp3) is 0.346. The molecule has 1 aromatic heterocycles. The Morgan fingerprint density at radius 2 is 1.91 bits per heavy atom. The van der Waals surface area contributed by atoms with E-state index in [1.807, 2.05) is 25.1 Å². The minimum absolute atomic E-state index is 0.103. The highest BCUT2D eigenvalue weighted by molar-refractivity contribution is 7.80. The number of H-pyrrole nitrogens is 1. The quantitative estimate of drug-likeness (QED) is 0.406. The van der Waals surface area contributed by atoms with Crippen LogP contribution in [0.25, 0.3) is 10.9 Å². The second kappa shape index (κ2) is 9.75. The largest absolute Gasteiger partial charge is 0.465 e. The highest BCUT2D eigenvalue weighted by Crippen LogP contribution is 2.27. The molecule has 0 bridgehead atoms. The van der Waals surface area contributed by atoms with Crippen LogP contribution in [0.2, 0.25) is 0 Å². The van der Waals surface area contributed by atoms with E-state index in [4.69, 9.17) is 17.0 Å². The zero-order valence-electron chi connectivity index (χ0n) is 19.2. The number of aromatic nitrogens is 1. The van der Waals surface area contributed by atoms with E-state index in [2.05, 4.69) is 28.2 Å². The Morgan fingerprint density at radius 1 is 1.18 bits per heavy atom. The number of carbonyl (C=O) groups is 1. The lowest BCUT2D eigenvalue weighted by Crippen LogP contribution is -2.42. The van der Waals surface area contributed by atoms with Crippen molar-refractivity contribution in [3.05, 3.63) is 75.1 Å². The summed E-state index contributed by atoms with van der Waals surface area (Å²) in [5.41, 5.74) is 4.67. The number of carbonyl (C=O) groups excluding carboxylic acids is 1. The molecule has 0 unspecified atom stereocenters. The predicted octanol–water partition coefficient (Wildman–Crippen LogP) is 5.07. The van der Waals surface area contributed by atoms with Gasteiger partial charge in [0.15, 0.2) is 5.11 Å². The van der Waals surface area contributed by atoms with Crippen molar-refractivity contribution in [2.45, 2.75) is 52.1 Å². The third-order valence-electron chi connectivity index (χ3n) is 6.33. The van der Waals surface area contributed by atoms with E-state index >= 15 is 0 Å². The van der Waals surface area contributed by atoms with Gasteiger partial charge in [-0.05, 0) is 74.3 Å². The highest BCUT2D eigenvalue weighted by atomic mass is 32.1. The Bertz CT molecular complexity index is 1260. The van der Waals surface area contributed by atoms with Crippen LogP contribution < -0.4 is 10.9 Å². The first kappa shape index (κ1) is 23.0. The number of thiocarbonyl (C=S) groups is 1. The molecule has 0 radical (unpaired) electrons. The Labute approximate surface area is 199 Å². The van der Waals surface area contributed by atoms with Gasteiger partial charge in [0.05, 0.1) is 24.9 Å². The van der Waals surface area contributed by atoms with Gasteiger partial charge in [-0.1, -0.05) is 31.0 Å². The number of aryl methyl sites for hydroxylation is 2. The summed E-state index contributed by atoms with van der Waals surface area (Å²) in [6.45, 7) is 4.48. The van der Waals surface area contributed by atoms with Gasteiger partial charge in [-0.2, -0.15) is 0 Å². The smallest absolute Gasteiger partial charge is 0.339 e. The van der Waals surface area contributed by atoms with E-state index in [-0.39, 0.29) is 11.6 Å². The van der Waals surface area contributed by atoms with Crippen LogP contribution >= 0.6 is 12.2 Å². The van der Waals surface area contributed by atoms with Crippen LogP contribution in [0.3, 0.4) is 0 Å². The molecule has 0 amide bonds. The number of fused-ring (bicyclic) bond motifs is 1. The SMILES string of the molecule is COC(=O)c1ccccc1NC(=S)N(Cc1cc2c(C)cc(C)cc2[nH]c1=O)C1CCCC1. The maximum absolute atomic E-state index is 13.0. The molecule has 1 aliphatic rings. The van der Waals surface area contributed by atoms with E-state index in [1.165, 1.54) is 7.11 Å². The first-order valence-corrected chi connectivity index (χ1v) is 11.7. The van der Waals surface area contributed by atoms with Gasteiger partial charge in [0.1, 0.15) is 0 Å². The Kier molecular flexibility index (Phi) is 6.79. The molecule has 4 rings (SSSR count). The molecule has 33 heavy (non-hydrogen) atoms. The van der Waals surface area contributed by atoms with Gasteiger partial charge in [0, 0.05) is 22.5 Å². The molecule has 172 valence electrons. The third-order valence-corrected chi connectivity index (χ3v) is 6.67. The number of ether oxygens (including phenoxy) is 1. The average Bonchev–Trinajstić information content (AvgIpc) is 3.32. The molecular formula is C26H29N3O3S. The minimum Gasteiger partial charge on any atom is -0.465 e. The summed E-state index contributed by atoms with van der Waals surface area (Å²) in [6, 6.07) is 13.5. The molecular weight excluding hydrogens is 434 g/mol. The molecule has 0 aliphatic heterocycles. The maximum atomic E-state index is 13.0. The molecule has 1 aliphatic carbocycles. The molecule has 0 atom stereocenters. The van der Waals surface area contributed by atoms with Crippen molar-refractivity contribution in [1.29, 1.82) is 0 Å². The number of nitrogens with one attached hydrogen (secondary N) is 2. The lowest BCUT2D eigenvalue weighted by Gasteiger charge is -2.32. The van der Waals surface area contributed by atoms with Crippen molar-refractivity contribution in [3.63, 3.8) is 0 Å². The van der Waals surface area contributed by atoms with E-state index in [9.17, 15) is 9.59 Å². The maximum Gasteiger partial charge on any atom is 0.339 e. The number of anilines is 1. The number of benzene rings is 2. The number of rotatable bonds is 5. The number of hydrogen-bond donors (Lipinski definition) is 2. The molecule has 1 heterocycles. The Hall–Kier alpha value is -3.19. The molecule has 0 saturated heterocycles. The van der Waals surface area contributed by atoms with E-state index in [0.29, 0.717) is 28.5 Å². The van der Waals surface area contributed by atoms with Crippen LogP contribution in [0.1, 0.15) is 52.7 Å². The van der Waals surface area contributed by atoms with E-state index in [1.54, 1.807) is 18.2 Å². The lowest BCUT2D eigenvalue weighted by molar-refractivity contribution is 0.0602. The van der Waals surface area contributed by atoms with Gasteiger partial charge < -0.3 is 19.9 Å². The first-order valence-electron chi connectivity index (χ1n) is 11.3. The van der Waals surface area contributed by atoms with Crippen LogP contribution in [-0.2, 0) is 11.3 Å². The number of para-hydroxylation sites is 1.